The van der Waals surface area contributed by atoms with Gasteiger partial charge in [0.25, 0.3) is 0 Å². The molecular weight excluding hydrogens is 258 g/mol. The van der Waals surface area contributed by atoms with Crippen LogP contribution >= 0.6 is 0 Å². The molecule has 0 amide bonds. The van der Waals surface area contributed by atoms with Gasteiger partial charge in [0, 0.05) is 0 Å². The Morgan fingerprint density at radius 3 is 2.14 bits per heavy atom. The van der Waals surface area contributed by atoms with Gasteiger partial charge in [0.05, 0.1) is 12.2 Å². The van der Waals surface area contributed by atoms with Crippen LogP contribution in [0, 0.1) is 11.3 Å². The molecule has 0 heterocycles. The fourth-order valence-corrected chi connectivity index (χ4v) is 2.57. The lowest BCUT2D eigenvalue weighted by atomic mass is 9.89. The lowest BCUT2D eigenvalue weighted by Gasteiger charge is -2.18. The first-order chi connectivity index (χ1) is 10.3. The number of hydrogen-bond donors (Lipinski definition) is 1. The van der Waals surface area contributed by atoms with Crippen molar-refractivity contribution < 1.29 is 5.11 Å². The zero-order valence-corrected chi connectivity index (χ0v) is 11.5. The van der Waals surface area contributed by atoms with Crippen LogP contribution in [0.3, 0.4) is 0 Å². The number of hydrogen-bond acceptors (Lipinski definition) is 2. The number of rotatable bonds is 3. The van der Waals surface area contributed by atoms with Crippen molar-refractivity contribution in [2.75, 3.05) is 0 Å². The van der Waals surface area contributed by atoms with Crippen molar-refractivity contribution >= 4 is 10.8 Å². The Bertz CT molecular complexity index is 789. The van der Waals surface area contributed by atoms with Crippen LogP contribution in [0.1, 0.15) is 23.1 Å². The van der Waals surface area contributed by atoms with Gasteiger partial charge in [-0.25, -0.2) is 0 Å². The highest BCUT2D eigenvalue weighted by molar-refractivity contribution is 5.83. The average molecular weight is 273 g/mol. The highest BCUT2D eigenvalue weighted by atomic mass is 16.3. The molecule has 3 aromatic carbocycles. The molecule has 102 valence electrons. The minimum atomic E-state index is -0.822. The molecule has 0 aromatic heterocycles. The van der Waals surface area contributed by atoms with Gasteiger partial charge in [-0.05, 0) is 28.0 Å². The standard InChI is InChI=1S/C19H15NO/c20-13-18(19(21)15-7-2-1-3-8-15)17-11-10-14-6-4-5-9-16(14)12-17/h1-12,18-19,21H/t18-,19-/m1/s1. The molecule has 0 saturated carbocycles. The molecule has 1 N–H and O–H groups in total. The summed E-state index contributed by atoms with van der Waals surface area (Å²) in [5, 5.41) is 22.2. The summed E-state index contributed by atoms with van der Waals surface area (Å²) in [6, 6.07) is 25.5. The average Bonchev–Trinajstić information content (AvgIpc) is 2.56. The van der Waals surface area contributed by atoms with Crippen molar-refractivity contribution in [1.82, 2.24) is 0 Å². The van der Waals surface area contributed by atoms with Gasteiger partial charge in [0.2, 0.25) is 0 Å². The van der Waals surface area contributed by atoms with E-state index in [1.54, 1.807) is 0 Å². The summed E-state index contributed by atoms with van der Waals surface area (Å²) >= 11 is 0. The predicted octanol–water partition coefficient (Wildman–Crippen LogP) is 4.18. The van der Waals surface area contributed by atoms with Gasteiger partial charge in [-0.15, -0.1) is 0 Å². The molecule has 21 heavy (non-hydrogen) atoms. The van der Waals surface area contributed by atoms with E-state index in [0.717, 1.165) is 21.9 Å². The molecule has 2 nitrogen and oxygen atoms in total. The SMILES string of the molecule is N#C[C@H](c1ccc2ccccc2c1)[C@H](O)c1ccccc1. The molecule has 3 aromatic rings. The number of aliphatic hydroxyl groups is 1. The summed E-state index contributed by atoms with van der Waals surface area (Å²) in [4.78, 5) is 0. The Hall–Kier alpha value is -2.63. The minimum absolute atomic E-state index is 0.572. The van der Waals surface area contributed by atoms with Crippen LogP contribution in [0.5, 0.6) is 0 Å². The normalized spacial score (nSPS) is 13.5. The van der Waals surface area contributed by atoms with E-state index in [2.05, 4.69) is 6.07 Å². The van der Waals surface area contributed by atoms with Crippen LogP contribution in [0.4, 0.5) is 0 Å². The second-order valence-corrected chi connectivity index (χ2v) is 5.07. The highest BCUT2D eigenvalue weighted by Gasteiger charge is 2.22. The third-order valence-electron chi connectivity index (χ3n) is 3.73. The molecule has 0 aliphatic heterocycles. The molecule has 0 bridgehead atoms. The zero-order valence-electron chi connectivity index (χ0n) is 11.5. The quantitative estimate of drug-likeness (QED) is 0.778. The van der Waals surface area contributed by atoms with E-state index < -0.39 is 12.0 Å². The van der Waals surface area contributed by atoms with Crippen molar-refractivity contribution in [3.63, 3.8) is 0 Å². The molecular formula is C19H15NO. The second kappa shape index (κ2) is 5.78. The summed E-state index contributed by atoms with van der Waals surface area (Å²) in [7, 11) is 0. The Balaban J connectivity index is 2.00. The van der Waals surface area contributed by atoms with Crippen molar-refractivity contribution in [1.29, 1.82) is 5.26 Å². The predicted molar refractivity (Wildman–Crippen MR) is 83.7 cm³/mol. The topological polar surface area (TPSA) is 44.0 Å². The molecule has 0 unspecified atom stereocenters. The lowest BCUT2D eigenvalue weighted by Crippen LogP contribution is -2.09. The maximum atomic E-state index is 10.5. The fourth-order valence-electron chi connectivity index (χ4n) is 2.57. The summed E-state index contributed by atoms with van der Waals surface area (Å²) < 4.78 is 0. The smallest absolute Gasteiger partial charge is 0.101 e. The first-order valence-electron chi connectivity index (χ1n) is 6.91. The van der Waals surface area contributed by atoms with E-state index in [0.29, 0.717) is 0 Å². The van der Waals surface area contributed by atoms with Gasteiger partial charge in [-0.1, -0.05) is 66.7 Å². The van der Waals surface area contributed by atoms with Crippen molar-refractivity contribution in [3.05, 3.63) is 83.9 Å². The van der Waals surface area contributed by atoms with Crippen LogP contribution in [0.15, 0.2) is 72.8 Å². The van der Waals surface area contributed by atoms with Gasteiger partial charge in [0.1, 0.15) is 5.92 Å². The minimum Gasteiger partial charge on any atom is -0.387 e. The molecule has 0 aliphatic rings. The van der Waals surface area contributed by atoms with Gasteiger partial charge in [0.15, 0.2) is 0 Å². The molecule has 0 saturated heterocycles. The van der Waals surface area contributed by atoms with E-state index in [1.807, 2.05) is 72.8 Å². The molecule has 0 spiro atoms. The van der Waals surface area contributed by atoms with E-state index >= 15 is 0 Å². The Kier molecular flexibility index (Phi) is 3.68. The van der Waals surface area contributed by atoms with Crippen LogP contribution in [0.2, 0.25) is 0 Å². The third-order valence-corrected chi connectivity index (χ3v) is 3.73. The maximum absolute atomic E-state index is 10.5. The monoisotopic (exact) mass is 273 g/mol. The number of nitriles is 1. The van der Waals surface area contributed by atoms with E-state index in [9.17, 15) is 10.4 Å². The Labute approximate surface area is 123 Å². The van der Waals surface area contributed by atoms with Gasteiger partial charge in [-0.2, -0.15) is 5.26 Å². The zero-order chi connectivity index (χ0) is 14.7. The number of aliphatic hydroxyl groups excluding tert-OH is 1. The third kappa shape index (κ3) is 2.65. The molecule has 0 aliphatic carbocycles. The number of nitrogens with zero attached hydrogens (tertiary/aromatic N) is 1. The van der Waals surface area contributed by atoms with Crippen LogP contribution in [0.25, 0.3) is 10.8 Å². The maximum Gasteiger partial charge on any atom is 0.101 e. The molecule has 3 rings (SSSR count). The summed E-state index contributed by atoms with van der Waals surface area (Å²) in [6.45, 7) is 0. The summed E-state index contributed by atoms with van der Waals surface area (Å²) in [6.07, 6.45) is -0.822. The van der Waals surface area contributed by atoms with Crippen molar-refractivity contribution in [2.45, 2.75) is 12.0 Å². The Morgan fingerprint density at radius 1 is 0.762 bits per heavy atom. The van der Waals surface area contributed by atoms with Gasteiger partial charge < -0.3 is 5.11 Å². The van der Waals surface area contributed by atoms with Gasteiger partial charge >= 0.3 is 0 Å². The second-order valence-electron chi connectivity index (χ2n) is 5.07. The highest BCUT2D eigenvalue weighted by Crippen LogP contribution is 2.31. The number of fused-ring (bicyclic) bond motifs is 1. The Morgan fingerprint density at radius 2 is 1.43 bits per heavy atom. The van der Waals surface area contributed by atoms with E-state index in [1.165, 1.54) is 0 Å². The number of benzene rings is 3. The van der Waals surface area contributed by atoms with E-state index in [-0.39, 0.29) is 0 Å². The molecule has 0 radical (unpaired) electrons. The van der Waals surface area contributed by atoms with Crippen LogP contribution in [-0.4, -0.2) is 5.11 Å². The summed E-state index contributed by atoms with van der Waals surface area (Å²) in [5.41, 5.74) is 1.60. The van der Waals surface area contributed by atoms with Crippen molar-refractivity contribution in [2.24, 2.45) is 0 Å². The van der Waals surface area contributed by atoms with Gasteiger partial charge in [-0.3, -0.25) is 0 Å². The first-order valence-corrected chi connectivity index (χ1v) is 6.91. The first kappa shape index (κ1) is 13.4. The van der Waals surface area contributed by atoms with Crippen LogP contribution < -0.4 is 0 Å². The largest absolute Gasteiger partial charge is 0.387 e. The van der Waals surface area contributed by atoms with Crippen molar-refractivity contribution in [3.8, 4) is 6.07 Å². The summed E-state index contributed by atoms with van der Waals surface area (Å²) in [5.74, 6) is -0.572. The molecule has 2 atom stereocenters. The molecule has 0 fully saturated rings. The molecule has 2 heteroatoms. The fraction of sp³-hybridized carbons (Fsp3) is 0.105. The van der Waals surface area contributed by atoms with Crippen LogP contribution in [-0.2, 0) is 0 Å². The lowest BCUT2D eigenvalue weighted by molar-refractivity contribution is 0.164. The van der Waals surface area contributed by atoms with E-state index in [4.69, 9.17) is 0 Å².